The predicted molar refractivity (Wildman–Crippen MR) is 107 cm³/mol. The Labute approximate surface area is 165 Å². The maximum atomic E-state index is 12.2. The molecule has 1 amide bonds. The van der Waals surface area contributed by atoms with Crippen molar-refractivity contribution >= 4 is 23.3 Å². The maximum Gasteiger partial charge on any atom is 0.338 e. The molecule has 2 atom stereocenters. The molecule has 8 heteroatoms. The summed E-state index contributed by atoms with van der Waals surface area (Å²) in [5, 5.41) is 14.3. The molecular weight excluding hydrogens is 362 g/mol. The summed E-state index contributed by atoms with van der Waals surface area (Å²) in [7, 11) is 0. The van der Waals surface area contributed by atoms with Gasteiger partial charge >= 0.3 is 5.97 Å². The third-order valence-electron chi connectivity index (χ3n) is 4.87. The van der Waals surface area contributed by atoms with Gasteiger partial charge in [-0.2, -0.15) is 0 Å². The summed E-state index contributed by atoms with van der Waals surface area (Å²) in [5.41, 5.74) is 0.457. The standard InChI is InChI=1S/C20H29N3O5/c1-4-6-15(3)21-19(24)13-28-20(25)16-8-9-17(18(11-16)23(26)27)22-10-5-7-14(2)12-22/h8-9,11,14-15H,4-7,10,12-13H2,1-3H3,(H,21,24). The summed E-state index contributed by atoms with van der Waals surface area (Å²) < 4.78 is 5.02. The lowest BCUT2D eigenvalue weighted by atomic mass is 9.99. The summed E-state index contributed by atoms with van der Waals surface area (Å²) in [6, 6.07) is 4.34. The molecular formula is C20H29N3O5. The topological polar surface area (TPSA) is 102 Å². The number of nitro benzene ring substituents is 1. The zero-order valence-electron chi connectivity index (χ0n) is 16.8. The summed E-state index contributed by atoms with van der Waals surface area (Å²) >= 11 is 0. The smallest absolute Gasteiger partial charge is 0.338 e. The first-order valence-electron chi connectivity index (χ1n) is 9.81. The van der Waals surface area contributed by atoms with Crippen LogP contribution in [0.3, 0.4) is 0 Å². The second kappa shape index (κ2) is 10.1. The van der Waals surface area contributed by atoms with Crippen LogP contribution in [-0.2, 0) is 9.53 Å². The number of esters is 1. The van der Waals surface area contributed by atoms with Crippen LogP contribution in [0.4, 0.5) is 11.4 Å². The number of hydrogen-bond donors (Lipinski definition) is 1. The molecule has 0 aromatic heterocycles. The molecule has 1 saturated heterocycles. The molecule has 1 N–H and O–H groups in total. The van der Waals surface area contributed by atoms with Crippen molar-refractivity contribution in [3.8, 4) is 0 Å². The molecule has 154 valence electrons. The second-order valence-corrected chi connectivity index (χ2v) is 7.49. The summed E-state index contributed by atoms with van der Waals surface area (Å²) in [4.78, 5) is 37.1. The van der Waals surface area contributed by atoms with Crippen molar-refractivity contribution in [1.29, 1.82) is 0 Å². The fraction of sp³-hybridized carbons (Fsp3) is 0.600. The Bertz CT molecular complexity index is 722. The van der Waals surface area contributed by atoms with Crippen LogP contribution in [0.1, 0.15) is 56.8 Å². The Morgan fingerprint density at radius 3 is 2.82 bits per heavy atom. The number of nitrogens with zero attached hydrogens (tertiary/aromatic N) is 2. The van der Waals surface area contributed by atoms with Crippen molar-refractivity contribution in [3.05, 3.63) is 33.9 Å². The Hall–Kier alpha value is -2.64. The van der Waals surface area contributed by atoms with Crippen molar-refractivity contribution < 1.29 is 19.2 Å². The highest BCUT2D eigenvalue weighted by atomic mass is 16.6. The monoisotopic (exact) mass is 391 g/mol. The minimum Gasteiger partial charge on any atom is -0.452 e. The van der Waals surface area contributed by atoms with Crippen molar-refractivity contribution in [1.82, 2.24) is 5.32 Å². The van der Waals surface area contributed by atoms with Gasteiger partial charge in [0.05, 0.1) is 10.5 Å². The van der Waals surface area contributed by atoms with E-state index in [4.69, 9.17) is 4.74 Å². The zero-order valence-corrected chi connectivity index (χ0v) is 16.8. The fourth-order valence-electron chi connectivity index (χ4n) is 3.51. The van der Waals surface area contributed by atoms with Gasteiger partial charge in [0.1, 0.15) is 5.69 Å². The SMILES string of the molecule is CCCC(C)NC(=O)COC(=O)c1ccc(N2CCCC(C)C2)c([N+](=O)[O-])c1. The molecule has 2 rings (SSSR count). The molecule has 0 aliphatic carbocycles. The highest BCUT2D eigenvalue weighted by molar-refractivity contribution is 5.93. The minimum atomic E-state index is -0.750. The molecule has 0 bridgehead atoms. The van der Waals surface area contributed by atoms with Crippen LogP contribution in [0, 0.1) is 16.0 Å². The van der Waals surface area contributed by atoms with Crippen LogP contribution in [0.15, 0.2) is 18.2 Å². The molecule has 0 spiro atoms. The van der Waals surface area contributed by atoms with Gasteiger partial charge in [0, 0.05) is 25.2 Å². The highest BCUT2D eigenvalue weighted by Crippen LogP contribution is 2.32. The first-order chi connectivity index (χ1) is 13.3. The van der Waals surface area contributed by atoms with E-state index in [2.05, 4.69) is 12.2 Å². The fourth-order valence-corrected chi connectivity index (χ4v) is 3.51. The van der Waals surface area contributed by atoms with Crippen molar-refractivity contribution in [2.75, 3.05) is 24.6 Å². The molecule has 28 heavy (non-hydrogen) atoms. The lowest BCUT2D eigenvalue weighted by Crippen LogP contribution is -2.35. The molecule has 0 radical (unpaired) electrons. The molecule has 1 aliphatic heterocycles. The van der Waals surface area contributed by atoms with E-state index in [0.717, 1.165) is 38.8 Å². The Balaban J connectivity index is 2.05. The van der Waals surface area contributed by atoms with E-state index in [0.29, 0.717) is 11.6 Å². The first kappa shape index (κ1) is 21.7. The zero-order chi connectivity index (χ0) is 20.7. The number of ether oxygens (including phenoxy) is 1. The number of nitro groups is 1. The number of piperidine rings is 1. The van der Waals surface area contributed by atoms with Gasteiger partial charge in [-0.25, -0.2) is 4.79 Å². The minimum absolute atomic E-state index is 0.00325. The van der Waals surface area contributed by atoms with E-state index in [1.807, 2.05) is 18.7 Å². The number of anilines is 1. The Morgan fingerprint density at radius 2 is 2.18 bits per heavy atom. The number of nitrogens with one attached hydrogen (secondary N) is 1. The van der Waals surface area contributed by atoms with Crippen molar-refractivity contribution in [2.45, 2.75) is 52.5 Å². The third-order valence-corrected chi connectivity index (χ3v) is 4.87. The molecule has 1 aromatic rings. The van der Waals surface area contributed by atoms with E-state index in [1.54, 1.807) is 6.07 Å². The van der Waals surface area contributed by atoms with Gasteiger partial charge in [0.15, 0.2) is 6.61 Å². The number of rotatable bonds is 8. The largest absolute Gasteiger partial charge is 0.452 e. The number of carbonyl (C=O) groups is 2. The third kappa shape index (κ3) is 5.94. The van der Waals surface area contributed by atoms with Crippen molar-refractivity contribution in [2.24, 2.45) is 5.92 Å². The molecule has 0 saturated carbocycles. The molecule has 1 fully saturated rings. The van der Waals surface area contributed by atoms with Crippen LogP contribution in [0.25, 0.3) is 0 Å². The lowest BCUT2D eigenvalue weighted by Gasteiger charge is -2.32. The average molecular weight is 391 g/mol. The Morgan fingerprint density at radius 1 is 1.43 bits per heavy atom. The van der Waals surface area contributed by atoms with E-state index in [9.17, 15) is 19.7 Å². The van der Waals surface area contributed by atoms with Crippen LogP contribution in [0.2, 0.25) is 0 Å². The van der Waals surface area contributed by atoms with E-state index in [-0.39, 0.29) is 23.2 Å². The number of benzene rings is 1. The van der Waals surface area contributed by atoms with Crippen LogP contribution >= 0.6 is 0 Å². The number of amides is 1. The number of hydrogen-bond acceptors (Lipinski definition) is 6. The molecule has 1 aliphatic rings. The normalized spacial score (nSPS) is 17.7. The molecule has 8 nitrogen and oxygen atoms in total. The van der Waals surface area contributed by atoms with E-state index >= 15 is 0 Å². The van der Waals surface area contributed by atoms with Gasteiger partial charge in [-0.05, 0) is 44.2 Å². The lowest BCUT2D eigenvalue weighted by molar-refractivity contribution is -0.384. The average Bonchev–Trinajstić information content (AvgIpc) is 2.65. The second-order valence-electron chi connectivity index (χ2n) is 7.49. The highest BCUT2D eigenvalue weighted by Gasteiger charge is 2.25. The van der Waals surface area contributed by atoms with Gasteiger partial charge in [-0.15, -0.1) is 0 Å². The summed E-state index contributed by atoms with van der Waals surface area (Å²) in [5.74, 6) is -0.672. The van der Waals surface area contributed by atoms with E-state index < -0.39 is 17.5 Å². The van der Waals surface area contributed by atoms with Crippen LogP contribution in [0.5, 0.6) is 0 Å². The van der Waals surface area contributed by atoms with Gasteiger partial charge in [-0.1, -0.05) is 20.3 Å². The molecule has 1 heterocycles. The molecule has 2 unspecified atom stereocenters. The van der Waals surface area contributed by atoms with Crippen LogP contribution < -0.4 is 10.2 Å². The molecule has 1 aromatic carbocycles. The summed E-state index contributed by atoms with van der Waals surface area (Å²) in [6.45, 7) is 7.12. The summed E-state index contributed by atoms with van der Waals surface area (Å²) in [6.07, 6.45) is 3.86. The van der Waals surface area contributed by atoms with E-state index in [1.165, 1.54) is 12.1 Å². The van der Waals surface area contributed by atoms with Gasteiger partial charge in [0.2, 0.25) is 0 Å². The van der Waals surface area contributed by atoms with Gasteiger partial charge in [0.25, 0.3) is 11.6 Å². The van der Waals surface area contributed by atoms with Crippen molar-refractivity contribution in [3.63, 3.8) is 0 Å². The van der Waals surface area contributed by atoms with Gasteiger partial charge in [-0.3, -0.25) is 14.9 Å². The maximum absolute atomic E-state index is 12.2. The Kier molecular flexibility index (Phi) is 7.78. The quantitative estimate of drug-likeness (QED) is 0.414. The van der Waals surface area contributed by atoms with Gasteiger partial charge < -0.3 is 15.0 Å². The number of carbonyl (C=O) groups excluding carboxylic acids is 2. The predicted octanol–water partition coefficient (Wildman–Crippen LogP) is 3.29. The first-order valence-corrected chi connectivity index (χ1v) is 9.81. The van der Waals surface area contributed by atoms with Crippen LogP contribution in [-0.4, -0.2) is 42.5 Å².